The smallest absolute Gasteiger partial charge is 0.256 e. The molecule has 2 aliphatic rings. The van der Waals surface area contributed by atoms with E-state index in [1.807, 2.05) is 13.0 Å². The molecule has 13 heteroatoms. The van der Waals surface area contributed by atoms with Crippen LogP contribution in [0.5, 0.6) is 0 Å². The molecule has 1 aliphatic carbocycles. The van der Waals surface area contributed by atoms with Gasteiger partial charge in [-0.2, -0.15) is 9.19 Å². The Labute approximate surface area is 232 Å². The molecule has 0 radical (unpaired) electrons. The lowest BCUT2D eigenvalue weighted by atomic mass is 10.1. The lowest BCUT2D eigenvalue weighted by molar-refractivity contribution is 0.0697. The molecule has 0 unspecified atom stereocenters. The number of fused-ring (bicyclic) bond motifs is 1. The van der Waals surface area contributed by atoms with Crippen LogP contribution in [0.25, 0.3) is 22.3 Å². The highest BCUT2D eigenvalue weighted by molar-refractivity contribution is 7.90. The Morgan fingerprint density at radius 1 is 1.10 bits per heavy atom. The molecule has 0 aromatic carbocycles. The van der Waals surface area contributed by atoms with Crippen LogP contribution in [0.2, 0.25) is 0 Å². The molecule has 0 spiro atoms. The van der Waals surface area contributed by atoms with Crippen LogP contribution in [0.4, 0.5) is 11.6 Å². The van der Waals surface area contributed by atoms with E-state index in [1.54, 1.807) is 18.5 Å². The van der Waals surface area contributed by atoms with Crippen LogP contribution in [-0.4, -0.2) is 67.5 Å². The molecule has 1 amide bonds. The number of amides is 1. The Morgan fingerprint density at radius 2 is 1.88 bits per heavy atom. The topological polar surface area (TPSA) is 146 Å². The summed E-state index contributed by atoms with van der Waals surface area (Å²) in [4.78, 5) is 26.8. The van der Waals surface area contributed by atoms with Gasteiger partial charge in [0.05, 0.1) is 34.3 Å². The van der Waals surface area contributed by atoms with E-state index >= 15 is 0 Å². The Hall–Kier alpha value is -3.84. The second-order valence-corrected chi connectivity index (χ2v) is 12.7. The molecule has 2 fully saturated rings. The van der Waals surface area contributed by atoms with Gasteiger partial charge in [-0.05, 0) is 52.5 Å². The van der Waals surface area contributed by atoms with Crippen molar-refractivity contribution in [1.29, 1.82) is 0 Å². The molecule has 5 heterocycles. The van der Waals surface area contributed by atoms with Crippen molar-refractivity contribution in [1.82, 2.24) is 34.0 Å². The van der Waals surface area contributed by atoms with E-state index in [4.69, 9.17) is 4.74 Å². The first-order valence-electron chi connectivity index (χ1n) is 13.5. The van der Waals surface area contributed by atoms with Crippen molar-refractivity contribution in [2.75, 3.05) is 18.5 Å². The van der Waals surface area contributed by atoms with Crippen LogP contribution in [-0.2, 0) is 14.8 Å². The van der Waals surface area contributed by atoms with Crippen LogP contribution in [0, 0.1) is 6.92 Å². The van der Waals surface area contributed by atoms with Gasteiger partial charge in [0.2, 0.25) is 0 Å². The third kappa shape index (κ3) is 4.94. The molecule has 4 aromatic rings. The summed E-state index contributed by atoms with van der Waals surface area (Å²) in [5.41, 5.74) is 2.91. The van der Waals surface area contributed by atoms with E-state index in [0.717, 1.165) is 33.5 Å². The summed E-state index contributed by atoms with van der Waals surface area (Å²) in [5, 5.41) is 10.9. The lowest BCUT2D eigenvalue weighted by Gasteiger charge is -2.23. The van der Waals surface area contributed by atoms with Crippen LogP contribution in [0.3, 0.4) is 0 Å². The molecule has 0 atom stereocenters. The van der Waals surface area contributed by atoms with Crippen LogP contribution >= 0.6 is 0 Å². The number of anilines is 2. The number of nitrogens with zero attached hydrogens (tertiary/aromatic N) is 6. The molecule has 4 aromatic heterocycles. The largest absolute Gasteiger partial charge is 0.381 e. The van der Waals surface area contributed by atoms with Crippen molar-refractivity contribution in [2.24, 2.45) is 0 Å². The molecule has 210 valence electrons. The number of aromatic nitrogens is 6. The molecule has 12 nitrogen and oxygen atoms in total. The number of hydrogen-bond donors (Lipinski definition) is 2. The minimum atomic E-state index is -3.47. The van der Waals surface area contributed by atoms with Gasteiger partial charge in [-0.15, -0.1) is 0 Å². The minimum absolute atomic E-state index is 0.0963. The van der Waals surface area contributed by atoms with Gasteiger partial charge in [0.1, 0.15) is 11.6 Å². The highest BCUT2D eigenvalue weighted by Crippen LogP contribution is 2.32. The summed E-state index contributed by atoms with van der Waals surface area (Å²) in [6.45, 7) is 7.44. The van der Waals surface area contributed by atoms with Crippen molar-refractivity contribution in [3.05, 3.63) is 48.2 Å². The third-order valence-electron chi connectivity index (χ3n) is 7.37. The van der Waals surface area contributed by atoms with Gasteiger partial charge in [0.15, 0.2) is 5.82 Å². The predicted molar refractivity (Wildman–Crippen MR) is 150 cm³/mol. The second-order valence-electron chi connectivity index (χ2n) is 10.6. The normalized spacial score (nSPS) is 16.5. The molecule has 6 rings (SSSR count). The summed E-state index contributed by atoms with van der Waals surface area (Å²) in [5.74, 6) is 1.30. The van der Waals surface area contributed by atoms with Crippen molar-refractivity contribution >= 4 is 38.5 Å². The van der Waals surface area contributed by atoms with E-state index in [1.165, 1.54) is 12.4 Å². The first-order chi connectivity index (χ1) is 19.2. The van der Waals surface area contributed by atoms with Crippen LogP contribution in [0.1, 0.15) is 61.6 Å². The first kappa shape index (κ1) is 26.4. The Bertz CT molecular complexity index is 1680. The average molecular weight is 565 g/mol. The van der Waals surface area contributed by atoms with Crippen molar-refractivity contribution in [3.63, 3.8) is 0 Å². The fourth-order valence-electron chi connectivity index (χ4n) is 5.23. The van der Waals surface area contributed by atoms with Crippen LogP contribution in [0.15, 0.2) is 36.9 Å². The number of hydrogen-bond acceptors (Lipinski definition) is 9. The van der Waals surface area contributed by atoms with Gasteiger partial charge < -0.3 is 19.9 Å². The van der Waals surface area contributed by atoms with Gasteiger partial charge in [-0.3, -0.25) is 4.79 Å². The summed E-state index contributed by atoms with van der Waals surface area (Å²) in [6, 6.07) is 3.84. The zero-order valence-corrected chi connectivity index (χ0v) is 23.5. The fraction of sp³-hybridized carbons (Fsp3) is 0.444. The Morgan fingerprint density at radius 3 is 2.60 bits per heavy atom. The number of nitrogens with one attached hydrogen (secondary N) is 2. The summed E-state index contributed by atoms with van der Waals surface area (Å²) in [6.07, 6.45) is 9.14. The monoisotopic (exact) mass is 564 g/mol. The Balaban J connectivity index is 1.28. The van der Waals surface area contributed by atoms with Crippen molar-refractivity contribution in [2.45, 2.75) is 63.8 Å². The number of carbonyl (C=O) groups excluding carboxylic acids is 1. The zero-order valence-electron chi connectivity index (χ0n) is 22.7. The maximum Gasteiger partial charge on any atom is 0.256 e. The predicted octanol–water partition coefficient (Wildman–Crippen LogP) is 3.57. The van der Waals surface area contributed by atoms with Crippen molar-refractivity contribution < 1.29 is 17.9 Å². The van der Waals surface area contributed by atoms with Gasteiger partial charge >= 0.3 is 0 Å². The van der Waals surface area contributed by atoms with Gasteiger partial charge in [-0.25, -0.2) is 23.4 Å². The fourth-order valence-corrected chi connectivity index (χ4v) is 6.71. The van der Waals surface area contributed by atoms with E-state index in [2.05, 4.69) is 49.1 Å². The molecule has 1 saturated heterocycles. The van der Waals surface area contributed by atoms with Gasteiger partial charge in [-0.1, -0.05) is 0 Å². The van der Waals surface area contributed by atoms with Gasteiger partial charge in [0, 0.05) is 54.8 Å². The zero-order chi connectivity index (χ0) is 28.0. The number of pyridine rings is 1. The third-order valence-corrected chi connectivity index (χ3v) is 9.41. The maximum atomic E-state index is 13.4. The number of carbonyl (C=O) groups is 1. The standard InChI is InChI=1S/C27H32N8O4S/c1-16(2)35-17(3)25(27(36)31-19-7-10-39-11-8-19)21-14-29-24(12-22(21)35)32-23-6-9-28-26(33-23)18-13-30-34(15-18)40(37,38)20-4-5-20/h6,9,12-16,19-20H,4-5,7-8,10-11H2,1-3H3,(H,31,36)(H,28,29,32,33). The Kier molecular flexibility index (Phi) is 6.78. The quantitative estimate of drug-likeness (QED) is 0.328. The summed E-state index contributed by atoms with van der Waals surface area (Å²) < 4.78 is 33.6. The van der Waals surface area contributed by atoms with Crippen molar-refractivity contribution in [3.8, 4) is 11.4 Å². The lowest BCUT2D eigenvalue weighted by Crippen LogP contribution is -2.39. The SMILES string of the molecule is Cc1c(C(=O)NC2CCOCC2)c2cnc(Nc3ccnc(-c4cnn(S(=O)(=O)C5CC5)c4)n3)cc2n1C(C)C. The van der Waals surface area contributed by atoms with Crippen LogP contribution < -0.4 is 10.6 Å². The maximum absolute atomic E-state index is 13.4. The molecule has 40 heavy (non-hydrogen) atoms. The first-order valence-corrected chi connectivity index (χ1v) is 15.0. The highest BCUT2D eigenvalue weighted by Gasteiger charge is 2.37. The molecular weight excluding hydrogens is 532 g/mol. The second kappa shape index (κ2) is 10.3. The molecule has 1 aliphatic heterocycles. The molecule has 1 saturated carbocycles. The van der Waals surface area contributed by atoms with Gasteiger partial charge in [0.25, 0.3) is 15.9 Å². The van der Waals surface area contributed by atoms with E-state index in [0.29, 0.717) is 54.6 Å². The number of ether oxygens (including phenoxy) is 1. The average Bonchev–Trinajstić information content (AvgIpc) is 3.59. The minimum Gasteiger partial charge on any atom is -0.381 e. The van der Waals surface area contributed by atoms with E-state index in [-0.39, 0.29) is 23.2 Å². The molecular formula is C27H32N8O4S. The summed E-state index contributed by atoms with van der Waals surface area (Å²) in [7, 11) is -3.47. The van der Waals surface area contributed by atoms with E-state index in [9.17, 15) is 13.2 Å². The highest BCUT2D eigenvalue weighted by atomic mass is 32.2. The van der Waals surface area contributed by atoms with E-state index < -0.39 is 10.0 Å². The summed E-state index contributed by atoms with van der Waals surface area (Å²) >= 11 is 0. The number of rotatable bonds is 8. The molecule has 2 N–H and O–H groups in total. The molecule has 0 bridgehead atoms.